The number of fused-ring (bicyclic) bond motifs is 1. The Morgan fingerprint density at radius 2 is 1.74 bits per heavy atom. The van der Waals surface area contributed by atoms with Gasteiger partial charge in [0.15, 0.2) is 10.3 Å². The van der Waals surface area contributed by atoms with Crippen molar-refractivity contribution in [2.45, 2.75) is 26.7 Å². The molecular formula is C28H32N8O4S2. The molecule has 0 aliphatic carbocycles. The molecule has 0 saturated carbocycles. The van der Waals surface area contributed by atoms with Crippen molar-refractivity contribution in [1.82, 2.24) is 19.9 Å². The number of morpholine rings is 1. The van der Waals surface area contributed by atoms with Gasteiger partial charge in [0, 0.05) is 62.4 Å². The number of amides is 2. The number of benzene rings is 1. The number of primary amides is 1. The maximum absolute atomic E-state index is 12.1. The number of aliphatic carboxylic acids is 1. The lowest BCUT2D eigenvalue weighted by Crippen LogP contribution is -2.43. The fourth-order valence-corrected chi connectivity index (χ4v) is 7.41. The molecule has 0 bridgehead atoms. The zero-order valence-electron chi connectivity index (χ0n) is 23.4. The molecule has 1 aromatic carbocycles. The van der Waals surface area contributed by atoms with E-state index in [1.165, 1.54) is 16.2 Å². The molecule has 0 unspecified atom stereocenters. The summed E-state index contributed by atoms with van der Waals surface area (Å²) in [6.07, 6.45) is 6.56. The third-order valence-corrected chi connectivity index (χ3v) is 10.2. The number of urea groups is 1. The van der Waals surface area contributed by atoms with Crippen LogP contribution in [0, 0.1) is 5.41 Å². The minimum Gasteiger partial charge on any atom is -0.481 e. The molecule has 12 nitrogen and oxygen atoms in total. The van der Waals surface area contributed by atoms with Crippen molar-refractivity contribution in [1.29, 1.82) is 0 Å². The summed E-state index contributed by atoms with van der Waals surface area (Å²) in [6.45, 7) is 8.21. The number of carboxylic acids is 1. The molecule has 2 fully saturated rings. The second-order valence-electron chi connectivity index (χ2n) is 10.7. The number of nitrogens with zero attached hydrogens (tertiary/aromatic N) is 7. The molecule has 3 N–H and O–H groups in total. The van der Waals surface area contributed by atoms with Crippen molar-refractivity contribution < 1.29 is 19.4 Å². The van der Waals surface area contributed by atoms with E-state index >= 15 is 0 Å². The first kappa shape index (κ1) is 28.2. The fraction of sp³-hybridized carbons (Fsp3) is 0.429. The first-order chi connectivity index (χ1) is 20.3. The third kappa shape index (κ3) is 5.37. The molecule has 0 radical (unpaired) electrons. The van der Waals surface area contributed by atoms with E-state index in [1.807, 2.05) is 24.1 Å². The van der Waals surface area contributed by atoms with E-state index in [1.54, 1.807) is 30.7 Å². The molecular weight excluding hydrogens is 576 g/mol. The van der Waals surface area contributed by atoms with Crippen LogP contribution < -0.4 is 20.4 Å². The highest BCUT2D eigenvalue weighted by Crippen LogP contribution is 2.42. The Labute approximate surface area is 250 Å². The lowest BCUT2D eigenvalue weighted by molar-refractivity contribution is -0.149. The summed E-state index contributed by atoms with van der Waals surface area (Å²) in [4.78, 5) is 49.2. The van der Waals surface area contributed by atoms with Gasteiger partial charge in [-0.15, -0.1) is 0 Å². The molecule has 2 saturated heterocycles. The summed E-state index contributed by atoms with van der Waals surface area (Å²) < 4.78 is 6.45. The van der Waals surface area contributed by atoms with Gasteiger partial charge in [-0.1, -0.05) is 22.7 Å². The number of anilines is 3. The van der Waals surface area contributed by atoms with Crippen LogP contribution in [-0.2, 0) is 9.53 Å². The van der Waals surface area contributed by atoms with E-state index in [-0.39, 0.29) is 0 Å². The van der Waals surface area contributed by atoms with Gasteiger partial charge in [-0.2, -0.15) is 0 Å². The highest BCUT2D eigenvalue weighted by Gasteiger charge is 2.37. The number of carboxylic acid groups (broad SMARTS) is 1. The first-order valence-electron chi connectivity index (χ1n) is 13.9. The van der Waals surface area contributed by atoms with E-state index in [9.17, 15) is 14.7 Å². The Kier molecular flexibility index (Phi) is 7.68. The summed E-state index contributed by atoms with van der Waals surface area (Å²) >= 11 is 3.05. The van der Waals surface area contributed by atoms with E-state index in [4.69, 9.17) is 20.4 Å². The maximum atomic E-state index is 12.1. The van der Waals surface area contributed by atoms with Crippen LogP contribution in [0.25, 0.3) is 31.8 Å². The van der Waals surface area contributed by atoms with Gasteiger partial charge in [0.1, 0.15) is 0 Å². The van der Waals surface area contributed by atoms with E-state index in [0.29, 0.717) is 56.8 Å². The van der Waals surface area contributed by atoms with Gasteiger partial charge < -0.3 is 25.4 Å². The Morgan fingerprint density at radius 3 is 2.38 bits per heavy atom. The quantitative estimate of drug-likeness (QED) is 0.311. The van der Waals surface area contributed by atoms with Crippen molar-refractivity contribution in [2.24, 2.45) is 11.1 Å². The largest absolute Gasteiger partial charge is 0.481 e. The minimum absolute atomic E-state index is 0.413. The number of hydrogen-bond acceptors (Lipinski definition) is 11. The van der Waals surface area contributed by atoms with Crippen molar-refractivity contribution in [2.75, 3.05) is 60.6 Å². The van der Waals surface area contributed by atoms with Gasteiger partial charge in [0.2, 0.25) is 5.95 Å². The van der Waals surface area contributed by atoms with E-state index in [2.05, 4.69) is 20.9 Å². The van der Waals surface area contributed by atoms with Crippen LogP contribution in [0.2, 0.25) is 0 Å². The van der Waals surface area contributed by atoms with Crippen LogP contribution in [0.5, 0.6) is 0 Å². The average Bonchev–Trinajstić information content (AvgIpc) is 3.66. The Hall–Kier alpha value is -3.88. The van der Waals surface area contributed by atoms with Crippen molar-refractivity contribution in [3.63, 3.8) is 0 Å². The van der Waals surface area contributed by atoms with Crippen LogP contribution in [0.3, 0.4) is 0 Å². The molecule has 0 atom stereocenters. The standard InChI is InChI=1S/C28H32N8O4S2/c1-3-36(24(29)39)27-33-20-13-17(18-14-30-25(31-15-18)34-6-4-28(2,5-7-34)23(37)38)12-19(22(20)42-27)21-16-32-26(41-21)35-8-10-40-11-9-35/h12-16H,3-11H2,1-2H3,(H2,29,39)(H,37,38). The molecule has 0 spiro atoms. The van der Waals surface area contributed by atoms with Gasteiger partial charge in [-0.3, -0.25) is 9.69 Å². The number of rotatable bonds is 7. The number of ether oxygens (including phenoxy) is 1. The lowest BCUT2D eigenvalue weighted by Gasteiger charge is -2.36. The van der Waals surface area contributed by atoms with Crippen LogP contribution >= 0.6 is 22.7 Å². The topological polar surface area (TPSA) is 151 Å². The molecule has 3 aromatic heterocycles. The number of carbonyl (C=O) groups is 2. The number of nitrogens with two attached hydrogens (primary N) is 1. The third-order valence-electron chi connectivity index (χ3n) is 7.97. The number of piperidine rings is 1. The number of hydrogen-bond donors (Lipinski definition) is 2. The SMILES string of the molecule is CCN(C(N)=O)c1nc2cc(-c3cnc(N4CCC(C)(C(=O)O)CC4)nc3)cc(-c3cnc(N4CCOCC4)s3)c2s1. The molecule has 4 aromatic rings. The predicted molar refractivity (Wildman–Crippen MR) is 165 cm³/mol. The van der Waals surface area contributed by atoms with Gasteiger partial charge in [-0.25, -0.2) is 24.7 Å². The first-order valence-corrected chi connectivity index (χ1v) is 15.5. The summed E-state index contributed by atoms with van der Waals surface area (Å²) in [6, 6.07) is 3.53. The zero-order chi connectivity index (χ0) is 29.4. The van der Waals surface area contributed by atoms with Crippen LogP contribution in [0.4, 0.5) is 21.0 Å². The lowest BCUT2D eigenvalue weighted by atomic mass is 9.80. The molecule has 14 heteroatoms. The van der Waals surface area contributed by atoms with Gasteiger partial charge in [0.05, 0.1) is 33.7 Å². The van der Waals surface area contributed by atoms with Crippen LogP contribution in [-0.4, -0.2) is 83.0 Å². The smallest absolute Gasteiger partial charge is 0.321 e. The average molecular weight is 609 g/mol. The molecule has 2 aliphatic rings. The molecule has 5 heterocycles. The van der Waals surface area contributed by atoms with E-state index < -0.39 is 17.4 Å². The summed E-state index contributed by atoms with van der Waals surface area (Å²) in [5.74, 6) is -0.174. The summed E-state index contributed by atoms with van der Waals surface area (Å²) in [5, 5.41) is 11.0. The predicted octanol–water partition coefficient (Wildman–Crippen LogP) is 4.31. The normalized spacial score (nSPS) is 17.0. The van der Waals surface area contributed by atoms with Gasteiger partial charge in [0.25, 0.3) is 0 Å². The molecule has 2 amide bonds. The van der Waals surface area contributed by atoms with Crippen molar-refractivity contribution in [3.05, 3.63) is 30.7 Å². The molecule has 220 valence electrons. The van der Waals surface area contributed by atoms with Crippen molar-refractivity contribution >= 4 is 61.1 Å². The minimum atomic E-state index is -0.759. The Bertz CT molecular complexity index is 1610. The fourth-order valence-electron chi connectivity index (χ4n) is 5.21. The molecule has 2 aliphatic heterocycles. The Morgan fingerprint density at radius 1 is 1.02 bits per heavy atom. The molecule has 42 heavy (non-hydrogen) atoms. The van der Waals surface area contributed by atoms with Crippen LogP contribution in [0.15, 0.2) is 30.7 Å². The highest BCUT2D eigenvalue weighted by molar-refractivity contribution is 7.24. The monoisotopic (exact) mass is 608 g/mol. The second-order valence-corrected chi connectivity index (χ2v) is 12.7. The molecule has 6 rings (SSSR count). The van der Waals surface area contributed by atoms with Crippen molar-refractivity contribution in [3.8, 4) is 21.6 Å². The van der Waals surface area contributed by atoms with Gasteiger partial charge >= 0.3 is 12.0 Å². The number of aromatic nitrogens is 4. The number of carbonyl (C=O) groups excluding carboxylic acids is 1. The summed E-state index contributed by atoms with van der Waals surface area (Å²) in [7, 11) is 0. The maximum Gasteiger partial charge on any atom is 0.321 e. The second kappa shape index (κ2) is 11.4. The summed E-state index contributed by atoms with van der Waals surface area (Å²) in [5.41, 5.74) is 8.36. The van der Waals surface area contributed by atoms with Crippen LogP contribution in [0.1, 0.15) is 26.7 Å². The van der Waals surface area contributed by atoms with E-state index in [0.717, 1.165) is 50.0 Å². The van der Waals surface area contributed by atoms with Gasteiger partial charge in [-0.05, 0) is 44.4 Å². The Balaban J connectivity index is 1.35. The highest BCUT2D eigenvalue weighted by atomic mass is 32.1. The zero-order valence-corrected chi connectivity index (χ0v) is 25.1. The number of thiazole rings is 2.